The molecule has 5 heteroatoms. The van der Waals surface area contributed by atoms with E-state index in [0.717, 1.165) is 22.8 Å². The van der Waals surface area contributed by atoms with Crippen LogP contribution in [0.4, 0.5) is 5.82 Å². The van der Waals surface area contributed by atoms with Gasteiger partial charge >= 0.3 is 0 Å². The van der Waals surface area contributed by atoms with E-state index in [1.54, 1.807) is 7.11 Å². The van der Waals surface area contributed by atoms with Crippen LogP contribution in [0.15, 0.2) is 30.3 Å². The van der Waals surface area contributed by atoms with Crippen molar-refractivity contribution in [2.45, 2.75) is 26.2 Å². The van der Waals surface area contributed by atoms with Gasteiger partial charge in [-0.25, -0.2) is 15.8 Å². The maximum absolute atomic E-state index is 5.46. The molecule has 0 amide bonds. The fourth-order valence-corrected chi connectivity index (χ4v) is 1.89. The molecule has 3 N–H and O–H groups in total. The van der Waals surface area contributed by atoms with Crippen molar-refractivity contribution < 1.29 is 4.74 Å². The monoisotopic (exact) mass is 272 g/mol. The van der Waals surface area contributed by atoms with Crippen LogP contribution in [-0.2, 0) is 6.42 Å². The molecular weight excluding hydrogens is 252 g/mol. The van der Waals surface area contributed by atoms with Crippen molar-refractivity contribution in [2.75, 3.05) is 12.5 Å². The summed E-state index contributed by atoms with van der Waals surface area (Å²) in [5, 5.41) is 0. The highest BCUT2D eigenvalue weighted by molar-refractivity contribution is 5.36. The minimum Gasteiger partial charge on any atom is -0.497 e. The first-order valence-corrected chi connectivity index (χ1v) is 6.59. The summed E-state index contributed by atoms with van der Waals surface area (Å²) in [7, 11) is 1.66. The van der Waals surface area contributed by atoms with Crippen LogP contribution in [0.5, 0.6) is 5.75 Å². The molecule has 0 aliphatic rings. The van der Waals surface area contributed by atoms with Crippen LogP contribution in [0.25, 0.3) is 0 Å². The van der Waals surface area contributed by atoms with Crippen LogP contribution < -0.4 is 16.0 Å². The Balaban J connectivity index is 2.24. The Morgan fingerprint density at radius 1 is 1.20 bits per heavy atom. The van der Waals surface area contributed by atoms with E-state index in [4.69, 9.17) is 10.6 Å². The van der Waals surface area contributed by atoms with E-state index in [-0.39, 0.29) is 0 Å². The van der Waals surface area contributed by atoms with Gasteiger partial charge in [-0.3, -0.25) is 0 Å². The number of aromatic nitrogens is 2. The standard InChI is InChI=1S/C15H20N4O/c1-10(2)13-9-15(19-16)18-14(17-13)8-11-4-6-12(20-3)7-5-11/h4-7,9-10H,8,16H2,1-3H3,(H,17,18,19). The third-order valence-corrected chi connectivity index (χ3v) is 3.05. The van der Waals surface area contributed by atoms with Crippen molar-refractivity contribution in [1.29, 1.82) is 0 Å². The van der Waals surface area contributed by atoms with Gasteiger partial charge in [-0.1, -0.05) is 26.0 Å². The second-order valence-corrected chi connectivity index (χ2v) is 4.92. The van der Waals surface area contributed by atoms with Crippen LogP contribution in [-0.4, -0.2) is 17.1 Å². The highest BCUT2D eigenvalue weighted by Crippen LogP contribution is 2.18. The Kier molecular flexibility index (Phi) is 4.53. The number of methoxy groups -OCH3 is 1. The van der Waals surface area contributed by atoms with Crippen LogP contribution in [0, 0.1) is 0 Å². The number of anilines is 1. The topological polar surface area (TPSA) is 73.1 Å². The van der Waals surface area contributed by atoms with Gasteiger partial charge in [0.25, 0.3) is 0 Å². The summed E-state index contributed by atoms with van der Waals surface area (Å²) in [6.07, 6.45) is 0.666. The SMILES string of the molecule is COc1ccc(Cc2nc(NN)cc(C(C)C)n2)cc1. The van der Waals surface area contributed by atoms with E-state index >= 15 is 0 Å². The lowest BCUT2D eigenvalue weighted by molar-refractivity contribution is 0.414. The molecule has 0 fully saturated rings. The van der Waals surface area contributed by atoms with Crippen LogP contribution in [0.2, 0.25) is 0 Å². The Hall–Kier alpha value is -2.14. The zero-order chi connectivity index (χ0) is 14.5. The predicted octanol–water partition coefficient (Wildman–Crippen LogP) is 2.49. The summed E-state index contributed by atoms with van der Waals surface area (Å²) in [6.45, 7) is 4.19. The molecule has 2 rings (SSSR count). The lowest BCUT2D eigenvalue weighted by Gasteiger charge is -2.10. The van der Waals surface area contributed by atoms with Crippen LogP contribution >= 0.6 is 0 Å². The predicted molar refractivity (Wildman–Crippen MR) is 79.7 cm³/mol. The third-order valence-electron chi connectivity index (χ3n) is 3.05. The molecule has 5 nitrogen and oxygen atoms in total. The maximum Gasteiger partial charge on any atom is 0.143 e. The zero-order valence-corrected chi connectivity index (χ0v) is 12.1. The van der Waals surface area contributed by atoms with Gasteiger partial charge in [0.15, 0.2) is 0 Å². The Morgan fingerprint density at radius 2 is 1.90 bits per heavy atom. The summed E-state index contributed by atoms with van der Waals surface area (Å²) in [5.74, 6) is 8.04. The first kappa shape index (κ1) is 14.3. The molecule has 0 unspecified atom stereocenters. The maximum atomic E-state index is 5.46. The molecule has 0 saturated heterocycles. The lowest BCUT2D eigenvalue weighted by atomic mass is 10.1. The first-order chi connectivity index (χ1) is 9.62. The fourth-order valence-electron chi connectivity index (χ4n) is 1.89. The highest BCUT2D eigenvalue weighted by Gasteiger charge is 2.08. The van der Waals surface area contributed by atoms with Gasteiger partial charge < -0.3 is 10.2 Å². The zero-order valence-electron chi connectivity index (χ0n) is 12.1. The second kappa shape index (κ2) is 6.34. The van der Waals surface area contributed by atoms with Crippen LogP contribution in [0.3, 0.4) is 0 Å². The quantitative estimate of drug-likeness (QED) is 0.646. The molecule has 0 aliphatic carbocycles. The Morgan fingerprint density at radius 3 is 2.45 bits per heavy atom. The molecule has 0 atom stereocenters. The molecule has 0 radical (unpaired) electrons. The number of nitrogens with two attached hydrogens (primary N) is 1. The van der Waals surface area contributed by atoms with Crippen molar-refractivity contribution in [3.05, 3.63) is 47.4 Å². The number of hydrogen-bond donors (Lipinski definition) is 2. The Bertz CT molecular complexity index is 567. The van der Waals surface area contributed by atoms with Crippen molar-refractivity contribution in [3.8, 4) is 5.75 Å². The molecule has 106 valence electrons. The summed E-state index contributed by atoms with van der Waals surface area (Å²) in [5.41, 5.74) is 4.71. The highest BCUT2D eigenvalue weighted by atomic mass is 16.5. The van der Waals surface area contributed by atoms with E-state index in [2.05, 4.69) is 29.2 Å². The summed E-state index contributed by atoms with van der Waals surface area (Å²) < 4.78 is 5.15. The van der Waals surface area contributed by atoms with Crippen LogP contribution in [0.1, 0.15) is 36.8 Å². The van der Waals surface area contributed by atoms with Gasteiger partial charge in [-0.15, -0.1) is 0 Å². The average Bonchev–Trinajstić information content (AvgIpc) is 2.47. The number of hydrogen-bond acceptors (Lipinski definition) is 5. The lowest BCUT2D eigenvalue weighted by Crippen LogP contribution is -2.12. The van der Waals surface area contributed by atoms with E-state index in [9.17, 15) is 0 Å². The average molecular weight is 272 g/mol. The summed E-state index contributed by atoms with van der Waals surface area (Å²) in [6, 6.07) is 9.77. The number of hydrazine groups is 1. The first-order valence-electron chi connectivity index (χ1n) is 6.59. The van der Waals surface area contributed by atoms with Gasteiger partial charge in [0.2, 0.25) is 0 Å². The van der Waals surface area contributed by atoms with Crippen molar-refractivity contribution >= 4 is 5.82 Å². The number of nitrogens with one attached hydrogen (secondary N) is 1. The number of benzene rings is 1. The van der Waals surface area contributed by atoms with Crippen molar-refractivity contribution in [2.24, 2.45) is 5.84 Å². The van der Waals surface area contributed by atoms with Crippen molar-refractivity contribution in [3.63, 3.8) is 0 Å². The molecule has 0 aliphatic heterocycles. The van der Waals surface area contributed by atoms with E-state index < -0.39 is 0 Å². The molecule has 2 aromatic rings. The van der Waals surface area contributed by atoms with Gasteiger partial charge in [-0.05, 0) is 23.6 Å². The number of rotatable bonds is 5. The molecule has 1 aromatic heterocycles. The number of nitrogens with zero attached hydrogens (tertiary/aromatic N) is 2. The minimum absolute atomic E-state index is 0.333. The minimum atomic E-state index is 0.333. The second-order valence-electron chi connectivity index (χ2n) is 4.92. The number of nitrogen functional groups attached to an aromatic ring is 1. The van der Waals surface area contributed by atoms with E-state index in [1.807, 2.05) is 30.3 Å². The third kappa shape index (κ3) is 3.45. The molecule has 20 heavy (non-hydrogen) atoms. The fraction of sp³-hybridized carbons (Fsp3) is 0.333. The van der Waals surface area contributed by atoms with E-state index in [0.29, 0.717) is 18.2 Å². The van der Waals surface area contributed by atoms with Gasteiger partial charge in [0.05, 0.1) is 7.11 Å². The van der Waals surface area contributed by atoms with Gasteiger partial charge in [0.1, 0.15) is 17.4 Å². The summed E-state index contributed by atoms with van der Waals surface area (Å²) in [4.78, 5) is 8.97. The Labute approximate surface area is 119 Å². The molecule has 0 spiro atoms. The van der Waals surface area contributed by atoms with Gasteiger partial charge in [-0.2, -0.15) is 0 Å². The normalized spacial score (nSPS) is 10.7. The summed E-state index contributed by atoms with van der Waals surface area (Å²) >= 11 is 0. The largest absolute Gasteiger partial charge is 0.497 e. The van der Waals surface area contributed by atoms with E-state index in [1.165, 1.54) is 0 Å². The molecule has 0 saturated carbocycles. The molecule has 1 heterocycles. The smallest absolute Gasteiger partial charge is 0.143 e. The molecule has 1 aromatic carbocycles. The van der Waals surface area contributed by atoms with Crippen molar-refractivity contribution in [1.82, 2.24) is 9.97 Å². The number of ether oxygens (including phenoxy) is 1. The molecular formula is C15H20N4O. The molecule has 0 bridgehead atoms. The van der Waals surface area contributed by atoms with Gasteiger partial charge in [0, 0.05) is 18.2 Å².